The van der Waals surface area contributed by atoms with Crippen LogP contribution in [0.4, 0.5) is 13.2 Å². The Hall–Kier alpha value is -3.14. The standard InChI is InChI=1S/C24H25ClF3N3O4/c1-2-33-16-6-8-17(9-7-16)34-14-18-10-11-19(35-18)23(32)29-12-3-13-31-21(15-4-5-15)20(25)22(30-31)24(26,27)28/h6-11,15H,2-5,12-14H2,1H3,(H,29,32). The van der Waals surface area contributed by atoms with Crippen LogP contribution in [0.5, 0.6) is 11.5 Å². The molecule has 1 N–H and O–H groups in total. The predicted octanol–water partition coefficient (Wildman–Crippen LogP) is 5.82. The van der Waals surface area contributed by atoms with Gasteiger partial charge in [0.1, 0.15) is 23.9 Å². The van der Waals surface area contributed by atoms with Gasteiger partial charge < -0.3 is 19.2 Å². The summed E-state index contributed by atoms with van der Waals surface area (Å²) in [5.74, 6) is 1.56. The van der Waals surface area contributed by atoms with Crippen molar-refractivity contribution in [2.75, 3.05) is 13.2 Å². The Morgan fingerprint density at radius 2 is 1.86 bits per heavy atom. The third-order valence-corrected chi connectivity index (χ3v) is 5.77. The van der Waals surface area contributed by atoms with Crippen LogP contribution in [-0.4, -0.2) is 28.8 Å². The number of rotatable bonds is 11. The summed E-state index contributed by atoms with van der Waals surface area (Å²) >= 11 is 5.98. The molecule has 3 aromatic rings. The number of aryl methyl sites for hydroxylation is 1. The molecule has 0 radical (unpaired) electrons. The molecule has 1 fully saturated rings. The Labute approximate surface area is 205 Å². The van der Waals surface area contributed by atoms with E-state index < -0.39 is 17.8 Å². The van der Waals surface area contributed by atoms with Crippen LogP contribution in [0.3, 0.4) is 0 Å². The summed E-state index contributed by atoms with van der Waals surface area (Å²) in [4.78, 5) is 12.4. The lowest BCUT2D eigenvalue weighted by molar-refractivity contribution is -0.141. The van der Waals surface area contributed by atoms with E-state index in [1.807, 2.05) is 6.92 Å². The fourth-order valence-corrected chi connectivity index (χ4v) is 4.00. The molecule has 7 nitrogen and oxygen atoms in total. The smallest absolute Gasteiger partial charge is 0.436 e. The normalized spacial score (nSPS) is 13.6. The number of hydrogen-bond donors (Lipinski definition) is 1. The van der Waals surface area contributed by atoms with Gasteiger partial charge in [0.25, 0.3) is 5.91 Å². The number of carbonyl (C=O) groups is 1. The van der Waals surface area contributed by atoms with E-state index in [1.54, 1.807) is 36.4 Å². The van der Waals surface area contributed by atoms with Gasteiger partial charge in [-0.15, -0.1) is 0 Å². The van der Waals surface area contributed by atoms with Gasteiger partial charge in [-0.3, -0.25) is 9.48 Å². The number of carbonyl (C=O) groups excluding carboxylic acids is 1. The van der Waals surface area contributed by atoms with Crippen molar-refractivity contribution in [1.29, 1.82) is 0 Å². The minimum atomic E-state index is -4.60. The summed E-state index contributed by atoms with van der Waals surface area (Å²) < 4.78 is 57.4. The van der Waals surface area contributed by atoms with Gasteiger partial charge in [0.15, 0.2) is 11.5 Å². The number of amides is 1. The average Bonchev–Trinajstić information content (AvgIpc) is 3.43. The number of halogens is 4. The van der Waals surface area contributed by atoms with Crippen LogP contribution >= 0.6 is 11.6 Å². The topological polar surface area (TPSA) is 78.5 Å². The van der Waals surface area contributed by atoms with E-state index in [4.69, 9.17) is 25.5 Å². The number of alkyl halides is 3. The van der Waals surface area contributed by atoms with Crippen LogP contribution in [0, 0.1) is 0 Å². The molecule has 1 amide bonds. The maximum Gasteiger partial charge on any atom is 0.436 e. The zero-order valence-corrected chi connectivity index (χ0v) is 19.8. The second-order valence-electron chi connectivity index (χ2n) is 8.11. The maximum atomic E-state index is 13.2. The fraction of sp³-hybridized carbons (Fsp3) is 0.417. The summed E-state index contributed by atoms with van der Waals surface area (Å²) in [7, 11) is 0. The van der Waals surface area contributed by atoms with Gasteiger partial charge in [0.2, 0.25) is 0 Å². The van der Waals surface area contributed by atoms with Crippen molar-refractivity contribution in [2.45, 2.75) is 51.4 Å². The number of benzene rings is 1. The zero-order valence-electron chi connectivity index (χ0n) is 19.0. The first-order valence-corrected chi connectivity index (χ1v) is 11.7. The van der Waals surface area contributed by atoms with Crippen LogP contribution in [0.2, 0.25) is 5.02 Å². The molecular formula is C24H25ClF3N3O4. The molecule has 2 aromatic heterocycles. The molecule has 0 atom stereocenters. The van der Waals surface area contributed by atoms with Gasteiger partial charge in [0, 0.05) is 19.0 Å². The van der Waals surface area contributed by atoms with Crippen molar-refractivity contribution in [3.8, 4) is 11.5 Å². The highest BCUT2D eigenvalue weighted by atomic mass is 35.5. The Kier molecular flexibility index (Phi) is 7.59. The van der Waals surface area contributed by atoms with E-state index in [0.29, 0.717) is 30.2 Å². The predicted molar refractivity (Wildman–Crippen MR) is 122 cm³/mol. The summed E-state index contributed by atoms with van der Waals surface area (Å²) in [5, 5.41) is 6.07. The first kappa shape index (κ1) is 25.0. The molecule has 2 heterocycles. The largest absolute Gasteiger partial charge is 0.494 e. The summed E-state index contributed by atoms with van der Waals surface area (Å²) in [6.45, 7) is 3.08. The van der Waals surface area contributed by atoms with Crippen LogP contribution in [-0.2, 0) is 19.3 Å². The molecule has 0 saturated heterocycles. The lowest BCUT2D eigenvalue weighted by Crippen LogP contribution is -2.25. The third kappa shape index (κ3) is 6.30. The van der Waals surface area contributed by atoms with Crippen molar-refractivity contribution in [3.05, 3.63) is 64.3 Å². The van der Waals surface area contributed by atoms with E-state index in [1.165, 1.54) is 4.68 Å². The molecule has 188 valence electrons. The number of ether oxygens (including phenoxy) is 2. The van der Waals surface area contributed by atoms with Gasteiger partial charge >= 0.3 is 6.18 Å². The van der Waals surface area contributed by atoms with Crippen molar-refractivity contribution in [2.24, 2.45) is 0 Å². The van der Waals surface area contributed by atoms with Crippen molar-refractivity contribution < 1.29 is 31.9 Å². The van der Waals surface area contributed by atoms with E-state index in [2.05, 4.69) is 10.4 Å². The Balaban J connectivity index is 1.25. The van der Waals surface area contributed by atoms with E-state index in [0.717, 1.165) is 18.6 Å². The minimum Gasteiger partial charge on any atom is -0.494 e. The number of nitrogens with zero attached hydrogens (tertiary/aromatic N) is 2. The molecule has 1 aliphatic carbocycles. The zero-order chi connectivity index (χ0) is 25.0. The SMILES string of the molecule is CCOc1ccc(OCc2ccc(C(=O)NCCCn3nc(C(F)(F)F)c(Cl)c3C3CC3)o2)cc1. The van der Waals surface area contributed by atoms with E-state index in [9.17, 15) is 18.0 Å². The lowest BCUT2D eigenvalue weighted by atomic mass is 10.2. The monoisotopic (exact) mass is 511 g/mol. The van der Waals surface area contributed by atoms with Crippen molar-refractivity contribution in [1.82, 2.24) is 15.1 Å². The molecule has 4 rings (SSSR count). The molecule has 1 aromatic carbocycles. The second-order valence-corrected chi connectivity index (χ2v) is 8.49. The Morgan fingerprint density at radius 3 is 2.49 bits per heavy atom. The summed E-state index contributed by atoms with van der Waals surface area (Å²) in [5.41, 5.74) is -0.630. The third-order valence-electron chi connectivity index (χ3n) is 5.40. The van der Waals surface area contributed by atoms with Gasteiger partial charge in [-0.1, -0.05) is 11.6 Å². The number of hydrogen-bond acceptors (Lipinski definition) is 5. The molecular weight excluding hydrogens is 487 g/mol. The summed E-state index contributed by atoms with van der Waals surface area (Å²) in [6.07, 6.45) is -2.63. The molecule has 1 aliphatic rings. The van der Waals surface area contributed by atoms with Gasteiger partial charge in [0.05, 0.1) is 17.3 Å². The van der Waals surface area contributed by atoms with Gasteiger partial charge in [-0.05, 0) is 62.6 Å². The maximum absolute atomic E-state index is 13.2. The first-order valence-electron chi connectivity index (χ1n) is 11.3. The van der Waals surface area contributed by atoms with Gasteiger partial charge in [-0.2, -0.15) is 18.3 Å². The second kappa shape index (κ2) is 10.6. The molecule has 1 saturated carbocycles. The van der Waals surface area contributed by atoms with Crippen LogP contribution < -0.4 is 14.8 Å². The minimum absolute atomic E-state index is 0.00654. The molecule has 0 bridgehead atoms. The van der Waals surface area contributed by atoms with Crippen molar-refractivity contribution in [3.63, 3.8) is 0 Å². The van der Waals surface area contributed by atoms with Gasteiger partial charge in [-0.25, -0.2) is 0 Å². The molecule has 0 unspecified atom stereocenters. The number of aromatic nitrogens is 2. The lowest BCUT2D eigenvalue weighted by Gasteiger charge is -2.08. The highest BCUT2D eigenvalue weighted by molar-refractivity contribution is 6.32. The summed E-state index contributed by atoms with van der Waals surface area (Å²) in [6, 6.07) is 10.3. The highest BCUT2D eigenvalue weighted by Crippen LogP contribution is 2.46. The van der Waals surface area contributed by atoms with Crippen molar-refractivity contribution >= 4 is 17.5 Å². The Bertz CT molecular complexity index is 1150. The average molecular weight is 512 g/mol. The van der Waals surface area contributed by atoms with E-state index in [-0.39, 0.29) is 36.4 Å². The van der Waals surface area contributed by atoms with Crippen LogP contribution in [0.25, 0.3) is 0 Å². The van der Waals surface area contributed by atoms with Crippen LogP contribution in [0.15, 0.2) is 40.8 Å². The molecule has 35 heavy (non-hydrogen) atoms. The molecule has 11 heteroatoms. The first-order chi connectivity index (χ1) is 16.8. The molecule has 0 spiro atoms. The number of furan rings is 1. The fourth-order valence-electron chi connectivity index (χ4n) is 3.60. The molecule has 0 aliphatic heterocycles. The quantitative estimate of drug-likeness (QED) is 0.328. The number of nitrogens with one attached hydrogen (secondary N) is 1. The highest BCUT2D eigenvalue weighted by Gasteiger charge is 2.41. The van der Waals surface area contributed by atoms with Crippen LogP contribution in [0.1, 0.15) is 59.8 Å². The van der Waals surface area contributed by atoms with E-state index >= 15 is 0 Å². The Morgan fingerprint density at radius 1 is 1.17 bits per heavy atom.